The number of nitrogens with zero attached hydrogens (tertiary/aromatic N) is 2. The lowest BCUT2D eigenvalue weighted by Gasteiger charge is -2.24. The van der Waals surface area contributed by atoms with E-state index in [2.05, 4.69) is 5.32 Å². The zero-order valence-corrected chi connectivity index (χ0v) is 19.0. The summed E-state index contributed by atoms with van der Waals surface area (Å²) in [6.45, 7) is 8.44. The molecule has 0 atom stereocenters. The van der Waals surface area contributed by atoms with Crippen LogP contribution in [0.3, 0.4) is 0 Å². The molecule has 0 aliphatic heterocycles. The minimum Gasteiger partial charge on any atom is -0.453 e. The Morgan fingerprint density at radius 2 is 1.84 bits per heavy atom. The van der Waals surface area contributed by atoms with Crippen molar-refractivity contribution in [2.45, 2.75) is 27.7 Å². The van der Waals surface area contributed by atoms with Crippen LogP contribution in [-0.2, 0) is 4.79 Å². The van der Waals surface area contributed by atoms with Gasteiger partial charge >= 0.3 is 0 Å². The minimum absolute atomic E-state index is 0.0588. The van der Waals surface area contributed by atoms with E-state index in [1.54, 1.807) is 20.0 Å². The maximum atomic E-state index is 14.2. The Morgan fingerprint density at radius 1 is 1.16 bits per heavy atom. The SMILES string of the molecule is CCN(C)C(=O)CNC(=O)c1cc(N(N)CC(C)C)c(C)cc1Oc1ccc(F)cc1F. The molecule has 0 fully saturated rings. The average Bonchev–Trinajstić information content (AvgIpc) is 2.72. The first-order valence-electron chi connectivity index (χ1n) is 10.3. The number of carbonyl (C=O) groups excluding carboxylic acids is 2. The van der Waals surface area contributed by atoms with Crippen molar-refractivity contribution in [1.82, 2.24) is 10.2 Å². The number of likely N-dealkylation sites (N-methyl/N-ethyl adjacent to an activating group) is 1. The second-order valence-corrected chi connectivity index (χ2v) is 7.95. The van der Waals surface area contributed by atoms with Crippen molar-refractivity contribution in [3.05, 3.63) is 53.1 Å². The molecule has 174 valence electrons. The van der Waals surface area contributed by atoms with Gasteiger partial charge in [-0.05, 0) is 49.6 Å². The molecule has 2 amide bonds. The number of nitrogens with one attached hydrogen (secondary N) is 1. The molecule has 0 heterocycles. The molecule has 0 aromatic heterocycles. The van der Waals surface area contributed by atoms with E-state index < -0.39 is 17.5 Å². The smallest absolute Gasteiger partial charge is 0.255 e. The van der Waals surface area contributed by atoms with E-state index in [1.807, 2.05) is 20.8 Å². The van der Waals surface area contributed by atoms with Crippen molar-refractivity contribution in [2.24, 2.45) is 11.8 Å². The second-order valence-electron chi connectivity index (χ2n) is 7.95. The van der Waals surface area contributed by atoms with Crippen LogP contribution in [0, 0.1) is 24.5 Å². The number of nitrogens with two attached hydrogens (primary N) is 1. The van der Waals surface area contributed by atoms with Crippen LogP contribution in [0.4, 0.5) is 14.5 Å². The van der Waals surface area contributed by atoms with Crippen molar-refractivity contribution in [3.63, 3.8) is 0 Å². The summed E-state index contributed by atoms with van der Waals surface area (Å²) in [6, 6.07) is 6.00. The van der Waals surface area contributed by atoms with Crippen molar-refractivity contribution in [1.29, 1.82) is 0 Å². The van der Waals surface area contributed by atoms with Gasteiger partial charge in [0.2, 0.25) is 5.91 Å². The molecule has 2 aromatic carbocycles. The summed E-state index contributed by atoms with van der Waals surface area (Å²) in [5.74, 6) is 3.78. The van der Waals surface area contributed by atoms with Crippen LogP contribution in [0.1, 0.15) is 36.7 Å². The average molecular weight is 449 g/mol. The number of hydrazine groups is 1. The highest BCUT2D eigenvalue weighted by Gasteiger charge is 2.21. The van der Waals surface area contributed by atoms with E-state index in [1.165, 1.54) is 16.0 Å². The van der Waals surface area contributed by atoms with E-state index >= 15 is 0 Å². The molecule has 0 radical (unpaired) electrons. The van der Waals surface area contributed by atoms with Crippen LogP contribution < -0.4 is 20.9 Å². The lowest BCUT2D eigenvalue weighted by molar-refractivity contribution is -0.128. The lowest BCUT2D eigenvalue weighted by Crippen LogP contribution is -2.38. The van der Waals surface area contributed by atoms with Gasteiger partial charge in [-0.15, -0.1) is 0 Å². The van der Waals surface area contributed by atoms with Crippen molar-refractivity contribution in [2.75, 3.05) is 31.7 Å². The molecule has 0 aliphatic rings. The molecule has 0 bridgehead atoms. The van der Waals surface area contributed by atoms with Gasteiger partial charge in [0.1, 0.15) is 11.6 Å². The van der Waals surface area contributed by atoms with Gasteiger partial charge in [0.25, 0.3) is 5.91 Å². The zero-order valence-electron chi connectivity index (χ0n) is 19.0. The van der Waals surface area contributed by atoms with Gasteiger partial charge in [0.15, 0.2) is 11.6 Å². The van der Waals surface area contributed by atoms with Crippen LogP contribution in [0.5, 0.6) is 11.5 Å². The Balaban J connectivity index is 2.43. The molecule has 9 heteroatoms. The Kier molecular flexibility index (Phi) is 8.54. The third-order valence-electron chi connectivity index (χ3n) is 4.83. The van der Waals surface area contributed by atoms with Crippen LogP contribution >= 0.6 is 0 Å². The van der Waals surface area contributed by atoms with Crippen LogP contribution in [0.25, 0.3) is 0 Å². The summed E-state index contributed by atoms with van der Waals surface area (Å²) >= 11 is 0. The van der Waals surface area contributed by atoms with Crippen LogP contribution in [-0.4, -0.2) is 43.4 Å². The molecule has 7 nitrogen and oxygen atoms in total. The number of ether oxygens (including phenoxy) is 1. The largest absolute Gasteiger partial charge is 0.453 e. The number of benzene rings is 2. The van der Waals surface area contributed by atoms with E-state index in [0.717, 1.165) is 12.1 Å². The number of aryl methyl sites for hydroxylation is 1. The molecular formula is C23H30F2N4O3. The molecule has 32 heavy (non-hydrogen) atoms. The molecule has 0 aliphatic carbocycles. The van der Waals surface area contributed by atoms with Crippen molar-refractivity contribution >= 4 is 17.5 Å². The molecule has 2 aromatic rings. The first-order chi connectivity index (χ1) is 15.0. The summed E-state index contributed by atoms with van der Waals surface area (Å²) in [5.41, 5.74) is 1.36. The highest BCUT2D eigenvalue weighted by Crippen LogP contribution is 2.33. The predicted octanol–water partition coefficient (Wildman–Crippen LogP) is 3.61. The number of rotatable bonds is 9. The van der Waals surface area contributed by atoms with Crippen LogP contribution in [0.2, 0.25) is 0 Å². The fraction of sp³-hybridized carbons (Fsp3) is 0.391. The Bertz CT molecular complexity index is 982. The van der Waals surface area contributed by atoms with Gasteiger partial charge in [0, 0.05) is 26.2 Å². The molecule has 0 spiro atoms. The third-order valence-corrected chi connectivity index (χ3v) is 4.83. The van der Waals surface area contributed by atoms with Crippen molar-refractivity contribution in [3.8, 4) is 11.5 Å². The second kappa shape index (κ2) is 10.9. The maximum absolute atomic E-state index is 14.2. The molecule has 0 saturated carbocycles. The Labute approximate surface area is 187 Å². The number of carbonyl (C=O) groups is 2. The van der Waals surface area contributed by atoms with Gasteiger partial charge in [-0.1, -0.05) is 13.8 Å². The van der Waals surface area contributed by atoms with Crippen molar-refractivity contribution < 1.29 is 23.1 Å². The van der Waals surface area contributed by atoms with E-state index in [-0.39, 0.29) is 35.4 Å². The number of hydrogen-bond acceptors (Lipinski definition) is 5. The fourth-order valence-corrected chi connectivity index (χ4v) is 2.97. The topological polar surface area (TPSA) is 87.9 Å². The first kappa shape index (κ1) is 25.1. The van der Waals surface area contributed by atoms with Gasteiger partial charge in [-0.2, -0.15) is 0 Å². The number of halogens is 2. The first-order valence-corrected chi connectivity index (χ1v) is 10.3. The van der Waals surface area contributed by atoms with E-state index in [9.17, 15) is 18.4 Å². The van der Waals surface area contributed by atoms with Gasteiger partial charge in [0.05, 0.1) is 17.8 Å². The summed E-state index contributed by atoms with van der Waals surface area (Å²) < 4.78 is 33.0. The molecule has 2 rings (SSSR count). The highest BCUT2D eigenvalue weighted by atomic mass is 19.1. The molecule has 0 saturated heterocycles. The summed E-state index contributed by atoms with van der Waals surface area (Å²) in [5, 5.41) is 4.09. The summed E-state index contributed by atoms with van der Waals surface area (Å²) in [7, 11) is 1.63. The third kappa shape index (κ3) is 6.40. The summed E-state index contributed by atoms with van der Waals surface area (Å²) in [4.78, 5) is 26.5. The number of amides is 2. The summed E-state index contributed by atoms with van der Waals surface area (Å²) in [6.07, 6.45) is 0. The zero-order chi connectivity index (χ0) is 24.0. The monoisotopic (exact) mass is 448 g/mol. The standard InChI is InChI=1S/C23H30F2N4O3/c1-6-28(5)22(30)12-27-23(31)17-11-19(29(26)13-14(2)3)15(4)9-21(17)32-20-8-7-16(24)10-18(20)25/h7-11,14H,6,12-13,26H2,1-5H3,(H,27,31). The minimum atomic E-state index is -0.905. The number of anilines is 1. The van der Waals surface area contributed by atoms with E-state index in [4.69, 9.17) is 10.6 Å². The normalized spacial score (nSPS) is 10.8. The number of hydrogen-bond donors (Lipinski definition) is 2. The Hall–Kier alpha value is -3.20. The van der Waals surface area contributed by atoms with Gasteiger partial charge in [-0.3, -0.25) is 9.59 Å². The quantitative estimate of drug-likeness (QED) is 0.452. The molecular weight excluding hydrogens is 418 g/mol. The lowest BCUT2D eigenvalue weighted by atomic mass is 10.1. The van der Waals surface area contributed by atoms with Crippen LogP contribution in [0.15, 0.2) is 30.3 Å². The predicted molar refractivity (Wildman–Crippen MR) is 120 cm³/mol. The maximum Gasteiger partial charge on any atom is 0.255 e. The highest BCUT2D eigenvalue weighted by molar-refractivity contribution is 6.00. The molecule has 0 unspecified atom stereocenters. The Morgan fingerprint density at radius 3 is 2.44 bits per heavy atom. The van der Waals surface area contributed by atoms with E-state index in [0.29, 0.717) is 30.4 Å². The van der Waals surface area contributed by atoms with Gasteiger partial charge in [-0.25, -0.2) is 14.6 Å². The fourth-order valence-electron chi connectivity index (χ4n) is 2.97. The van der Waals surface area contributed by atoms with Gasteiger partial charge < -0.3 is 20.0 Å². The molecule has 3 N–H and O–H groups in total.